The molecule has 1 aliphatic rings. The Morgan fingerprint density at radius 1 is 1.19 bits per heavy atom. The van der Waals surface area contributed by atoms with Crippen LogP contribution in [0.1, 0.15) is 35.5 Å². The van der Waals surface area contributed by atoms with E-state index in [0.717, 1.165) is 23.4 Å². The molecule has 3 rings (SSSR count). The molecule has 2 aromatic rings. The van der Waals surface area contributed by atoms with Crippen LogP contribution in [0, 0.1) is 0 Å². The van der Waals surface area contributed by atoms with Gasteiger partial charge in [0.15, 0.2) is 10.8 Å². The summed E-state index contributed by atoms with van der Waals surface area (Å²) in [6.07, 6.45) is 1.28. The quantitative estimate of drug-likeness (QED) is 0.752. The second-order valence-electron chi connectivity index (χ2n) is 6.35. The molecule has 8 heteroatoms. The Labute approximate surface area is 161 Å². The lowest BCUT2D eigenvalue weighted by Crippen LogP contribution is -2.31. The predicted molar refractivity (Wildman–Crippen MR) is 103 cm³/mol. The Kier molecular flexibility index (Phi) is 5.78. The Balaban J connectivity index is 1.69. The number of allylic oxidation sites excluding steroid dienone is 2. The molecule has 1 aromatic carbocycles. The molecule has 0 saturated carbocycles. The topological polar surface area (TPSA) is 91.4 Å². The van der Waals surface area contributed by atoms with Gasteiger partial charge in [0.2, 0.25) is 5.78 Å². The van der Waals surface area contributed by atoms with Crippen LogP contribution in [0.5, 0.6) is 0 Å². The summed E-state index contributed by atoms with van der Waals surface area (Å²) in [7, 11) is 3.84. The number of likely N-dealkylation sites (N-methyl/N-ethyl adjacent to an activating group) is 1. The molecule has 2 N–H and O–H groups in total. The van der Waals surface area contributed by atoms with Gasteiger partial charge in [-0.1, -0.05) is 30.3 Å². The van der Waals surface area contributed by atoms with Crippen molar-refractivity contribution in [1.29, 1.82) is 0 Å². The van der Waals surface area contributed by atoms with E-state index < -0.39 is 5.91 Å². The van der Waals surface area contributed by atoms with Crippen molar-refractivity contribution in [2.24, 2.45) is 0 Å². The fraction of sp³-hybridized carbons (Fsp3) is 0.263. The fourth-order valence-corrected chi connectivity index (χ4v) is 3.42. The highest BCUT2D eigenvalue weighted by molar-refractivity contribution is 7.16. The van der Waals surface area contributed by atoms with Crippen molar-refractivity contribution in [2.75, 3.05) is 27.2 Å². The van der Waals surface area contributed by atoms with E-state index in [1.165, 1.54) is 6.08 Å². The normalized spacial score (nSPS) is 13.4. The van der Waals surface area contributed by atoms with Gasteiger partial charge in [0.1, 0.15) is 10.6 Å². The number of rotatable bonds is 7. The fourth-order valence-electron chi connectivity index (χ4n) is 2.53. The molecule has 0 aliphatic heterocycles. The summed E-state index contributed by atoms with van der Waals surface area (Å²) in [5.74, 6) is -1.07. The molecule has 0 atom stereocenters. The van der Waals surface area contributed by atoms with Crippen molar-refractivity contribution in [3.63, 3.8) is 0 Å². The maximum Gasteiger partial charge on any atom is 0.280 e. The van der Waals surface area contributed by atoms with Crippen LogP contribution in [0.15, 0.2) is 42.1 Å². The molecule has 0 spiro atoms. The number of fused-ring (bicyclic) bond motifs is 1. The Morgan fingerprint density at radius 3 is 2.63 bits per heavy atom. The lowest BCUT2D eigenvalue weighted by Gasteiger charge is -2.15. The Hall–Kier alpha value is -2.84. The number of carbonyl (C=O) groups is 3. The number of Topliss-reactive ketones (excluding diaryl/α,β-unsaturated/α-hetero) is 1. The van der Waals surface area contributed by atoms with E-state index in [4.69, 9.17) is 0 Å². The first-order valence-corrected chi connectivity index (χ1v) is 9.29. The van der Waals surface area contributed by atoms with Crippen LogP contribution >= 0.6 is 11.3 Å². The summed E-state index contributed by atoms with van der Waals surface area (Å²) < 4.78 is 0. The second-order valence-corrected chi connectivity index (χ2v) is 7.35. The molecule has 1 aliphatic carbocycles. The van der Waals surface area contributed by atoms with Crippen LogP contribution in [-0.4, -0.2) is 54.5 Å². The number of thiazole rings is 1. The molecule has 0 fully saturated rings. The van der Waals surface area contributed by atoms with E-state index in [1.807, 2.05) is 49.3 Å². The van der Waals surface area contributed by atoms with Crippen LogP contribution in [0.25, 0.3) is 0 Å². The molecule has 1 aromatic heterocycles. The summed E-state index contributed by atoms with van der Waals surface area (Å²) in [5.41, 5.74) is 1.22. The number of benzene rings is 1. The summed E-state index contributed by atoms with van der Waals surface area (Å²) in [6.45, 7) is 1.60. The molecule has 0 bridgehead atoms. The van der Waals surface area contributed by atoms with Crippen molar-refractivity contribution in [3.8, 4) is 0 Å². The minimum absolute atomic E-state index is 0.0460. The van der Waals surface area contributed by atoms with Crippen molar-refractivity contribution >= 4 is 28.8 Å². The van der Waals surface area contributed by atoms with Gasteiger partial charge in [0.25, 0.3) is 5.91 Å². The largest absolute Gasteiger partial charge is 0.380 e. The van der Waals surface area contributed by atoms with Crippen molar-refractivity contribution in [1.82, 2.24) is 20.5 Å². The zero-order chi connectivity index (χ0) is 19.4. The van der Waals surface area contributed by atoms with E-state index in [9.17, 15) is 14.4 Å². The van der Waals surface area contributed by atoms with Gasteiger partial charge >= 0.3 is 0 Å². The molecule has 0 unspecified atom stereocenters. The number of hydrogen-bond acceptors (Lipinski definition) is 7. The standard InChI is InChI=1S/C19H20N4O3S/c1-23(2)9-8-20-13-10-14(24)17-15(16(13)25)22-19(27-17)18(26)21-11-12-6-4-3-5-7-12/h3-7,10,20H,8-9,11H2,1-2H3,(H,21,26). The molecular weight excluding hydrogens is 364 g/mol. The summed E-state index contributed by atoms with van der Waals surface area (Å²) in [5, 5.41) is 5.84. The van der Waals surface area contributed by atoms with Gasteiger partial charge in [-0.3, -0.25) is 14.4 Å². The first-order valence-electron chi connectivity index (χ1n) is 8.48. The molecular formula is C19H20N4O3S. The van der Waals surface area contributed by atoms with Crippen molar-refractivity contribution < 1.29 is 14.4 Å². The highest BCUT2D eigenvalue weighted by Crippen LogP contribution is 2.26. The Bertz CT molecular complexity index is 903. The smallest absolute Gasteiger partial charge is 0.280 e. The Morgan fingerprint density at radius 2 is 1.93 bits per heavy atom. The first-order chi connectivity index (χ1) is 13.0. The SMILES string of the molecule is CN(C)CCNC1=CC(=O)c2sc(C(=O)NCc3ccccc3)nc2C1=O. The lowest BCUT2D eigenvalue weighted by atomic mass is 10.0. The average Bonchev–Trinajstić information content (AvgIpc) is 3.11. The zero-order valence-corrected chi connectivity index (χ0v) is 15.9. The van der Waals surface area contributed by atoms with E-state index >= 15 is 0 Å². The van der Waals surface area contributed by atoms with Crippen LogP contribution in [0.3, 0.4) is 0 Å². The van der Waals surface area contributed by atoms with Crippen LogP contribution < -0.4 is 10.6 Å². The monoisotopic (exact) mass is 384 g/mol. The number of ketones is 2. The molecule has 140 valence electrons. The van der Waals surface area contributed by atoms with Gasteiger partial charge in [-0.15, -0.1) is 11.3 Å². The summed E-state index contributed by atoms with van der Waals surface area (Å²) in [6, 6.07) is 9.47. The highest BCUT2D eigenvalue weighted by atomic mass is 32.1. The third-order valence-corrected chi connectivity index (χ3v) is 5.02. The van der Waals surface area contributed by atoms with Crippen molar-refractivity contribution in [3.05, 3.63) is 63.2 Å². The highest BCUT2D eigenvalue weighted by Gasteiger charge is 2.31. The average molecular weight is 384 g/mol. The molecule has 0 radical (unpaired) electrons. The third kappa shape index (κ3) is 4.47. The van der Waals surface area contributed by atoms with E-state index in [2.05, 4.69) is 15.6 Å². The molecule has 1 amide bonds. The van der Waals surface area contributed by atoms with Crippen LogP contribution in [-0.2, 0) is 6.54 Å². The number of carbonyl (C=O) groups excluding carboxylic acids is 3. The third-order valence-electron chi connectivity index (χ3n) is 3.95. The number of hydrogen-bond donors (Lipinski definition) is 2. The zero-order valence-electron chi connectivity index (χ0n) is 15.1. The van der Waals surface area contributed by atoms with Gasteiger partial charge in [-0.2, -0.15) is 0 Å². The van der Waals surface area contributed by atoms with E-state index in [1.54, 1.807) is 0 Å². The summed E-state index contributed by atoms with van der Waals surface area (Å²) in [4.78, 5) is 43.5. The number of amides is 1. The van der Waals surface area contributed by atoms with Gasteiger partial charge in [0, 0.05) is 25.7 Å². The van der Waals surface area contributed by atoms with Crippen LogP contribution in [0.2, 0.25) is 0 Å². The lowest BCUT2D eigenvalue weighted by molar-refractivity contribution is 0.0949. The first kappa shape index (κ1) is 18.9. The summed E-state index contributed by atoms with van der Waals surface area (Å²) >= 11 is 0.947. The maximum absolute atomic E-state index is 12.6. The molecule has 0 saturated heterocycles. The molecule has 7 nitrogen and oxygen atoms in total. The number of aromatic nitrogens is 1. The van der Waals surface area contributed by atoms with Gasteiger partial charge in [0.05, 0.1) is 5.70 Å². The minimum atomic E-state index is -0.402. The van der Waals surface area contributed by atoms with E-state index in [-0.39, 0.29) is 32.8 Å². The van der Waals surface area contributed by atoms with Gasteiger partial charge < -0.3 is 15.5 Å². The molecule has 1 heterocycles. The molecule has 27 heavy (non-hydrogen) atoms. The van der Waals surface area contributed by atoms with E-state index in [0.29, 0.717) is 13.1 Å². The van der Waals surface area contributed by atoms with Gasteiger partial charge in [-0.05, 0) is 19.7 Å². The number of nitrogens with one attached hydrogen (secondary N) is 2. The van der Waals surface area contributed by atoms with Crippen LogP contribution in [0.4, 0.5) is 0 Å². The van der Waals surface area contributed by atoms with Gasteiger partial charge in [-0.25, -0.2) is 4.98 Å². The number of nitrogens with zero attached hydrogens (tertiary/aromatic N) is 2. The predicted octanol–water partition coefficient (Wildman–Crippen LogP) is 1.49. The maximum atomic E-state index is 12.6. The second kappa shape index (κ2) is 8.24. The van der Waals surface area contributed by atoms with Crippen molar-refractivity contribution in [2.45, 2.75) is 6.54 Å². The minimum Gasteiger partial charge on any atom is -0.380 e.